The summed E-state index contributed by atoms with van der Waals surface area (Å²) in [5, 5.41) is 31.5. The Morgan fingerprint density at radius 3 is 2.60 bits per heavy atom. The number of aliphatic hydroxyl groups is 3. The molecule has 1 heterocycles. The van der Waals surface area contributed by atoms with Gasteiger partial charge in [0.15, 0.2) is 0 Å². The van der Waals surface area contributed by atoms with E-state index in [1.165, 1.54) is 11.8 Å². The Kier molecular flexibility index (Phi) is 4.65. The van der Waals surface area contributed by atoms with Crippen LogP contribution in [0.4, 0.5) is 0 Å². The lowest BCUT2D eigenvalue weighted by atomic mass is 9.99. The normalized spacial score (nSPS) is 40.9. The Morgan fingerprint density at radius 1 is 1.47 bits per heavy atom. The number of hydrogen-bond acceptors (Lipinski definition) is 6. The van der Waals surface area contributed by atoms with E-state index in [0.29, 0.717) is 0 Å². The number of azide groups is 1. The molecule has 0 aromatic carbocycles. The van der Waals surface area contributed by atoms with Gasteiger partial charge in [-0.2, -0.15) is 0 Å². The van der Waals surface area contributed by atoms with Gasteiger partial charge >= 0.3 is 0 Å². The Morgan fingerprint density at radius 2 is 2.13 bits per heavy atom. The van der Waals surface area contributed by atoms with Crippen molar-refractivity contribution in [1.29, 1.82) is 0 Å². The molecule has 0 unspecified atom stereocenters. The fourth-order valence-electron chi connectivity index (χ4n) is 1.44. The number of ether oxygens (including phenoxy) is 1. The van der Waals surface area contributed by atoms with E-state index in [1.54, 1.807) is 6.26 Å². The molecule has 0 aromatic heterocycles. The molecule has 1 fully saturated rings. The zero-order valence-corrected chi connectivity index (χ0v) is 8.91. The fraction of sp³-hybridized carbons (Fsp3) is 1.00. The Balaban J connectivity index is 2.83. The summed E-state index contributed by atoms with van der Waals surface area (Å²) in [6, 6.07) is -0.845. The molecule has 1 rings (SSSR count). The second-order valence-corrected chi connectivity index (χ2v) is 4.07. The van der Waals surface area contributed by atoms with E-state index >= 15 is 0 Å². The predicted octanol–water partition coefficient (Wildman–Crippen LogP) is -0.533. The quantitative estimate of drug-likeness (QED) is 0.345. The minimum absolute atomic E-state index is 0.391. The van der Waals surface area contributed by atoms with Crippen molar-refractivity contribution >= 4 is 11.8 Å². The van der Waals surface area contributed by atoms with Crippen LogP contribution in [-0.2, 0) is 4.74 Å². The van der Waals surface area contributed by atoms with E-state index in [0.717, 1.165) is 0 Å². The smallest absolute Gasteiger partial charge is 0.114 e. The summed E-state index contributed by atoms with van der Waals surface area (Å²) in [6.07, 6.45) is -1.58. The zero-order valence-electron chi connectivity index (χ0n) is 8.09. The van der Waals surface area contributed by atoms with Crippen molar-refractivity contribution in [3.05, 3.63) is 10.4 Å². The lowest BCUT2D eigenvalue weighted by molar-refractivity contribution is -0.165. The second-order valence-electron chi connectivity index (χ2n) is 3.14. The van der Waals surface area contributed by atoms with Crippen molar-refractivity contribution in [3.8, 4) is 0 Å². The molecule has 15 heavy (non-hydrogen) atoms. The first-order valence-corrected chi connectivity index (χ1v) is 5.64. The number of aliphatic hydroxyl groups excluding tert-OH is 3. The van der Waals surface area contributed by atoms with Gasteiger partial charge in [0.2, 0.25) is 0 Å². The summed E-state index contributed by atoms with van der Waals surface area (Å²) < 4.78 is 5.27. The van der Waals surface area contributed by atoms with Crippen LogP contribution in [0.15, 0.2) is 5.11 Å². The SMILES string of the molecule is CS[C@@H]1O[C@H](CO)[C@H](O)[C@H](O)[C@@H]1N=[N+]=[N-]. The Labute approximate surface area is 90.7 Å². The standard InChI is InChI=1S/C7H13N3O4S/c1-15-7-4(9-10-8)6(13)5(12)3(2-11)14-7/h3-7,11-13H,2H2,1H3/t3-,4+,5+,6-,7+/m1/s1. The van der Waals surface area contributed by atoms with Crippen molar-refractivity contribution in [3.63, 3.8) is 0 Å². The molecule has 0 aromatic rings. The number of nitrogens with zero attached hydrogens (tertiary/aromatic N) is 3. The van der Waals surface area contributed by atoms with Gasteiger partial charge in [0.25, 0.3) is 0 Å². The lowest BCUT2D eigenvalue weighted by Crippen LogP contribution is -2.56. The molecule has 8 heteroatoms. The van der Waals surface area contributed by atoms with E-state index < -0.39 is 36.4 Å². The van der Waals surface area contributed by atoms with E-state index in [1.807, 2.05) is 0 Å². The molecule has 0 amide bonds. The third kappa shape index (κ3) is 2.54. The number of thioether (sulfide) groups is 1. The fourth-order valence-corrected chi connectivity index (χ4v) is 2.19. The summed E-state index contributed by atoms with van der Waals surface area (Å²) in [7, 11) is 0. The van der Waals surface area contributed by atoms with Gasteiger partial charge in [-0.3, -0.25) is 0 Å². The third-order valence-electron chi connectivity index (χ3n) is 2.27. The monoisotopic (exact) mass is 235 g/mol. The summed E-state index contributed by atoms with van der Waals surface area (Å²) in [4.78, 5) is 2.59. The first kappa shape index (κ1) is 12.6. The first-order chi connectivity index (χ1) is 7.15. The predicted molar refractivity (Wildman–Crippen MR) is 54.2 cm³/mol. The Bertz CT molecular complexity index is 259. The molecule has 86 valence electrons. The van der Waals surface area contributed by atoms with Crippen LogP contribution >= 0.6 is 11.8 Å². The van der Waals surface area contributed by atoms with Crippen molar-refractivity contribution in [1.82, 2.24) is 0 Å². The molecule has 0 aliphatic carbocycles. The molecule has 7 nitrogen and oxygen atoms in total. The third-order valence-corrected chi connectivity index (χ3v) is 3.12. The highest BCUT2D eigenvalue weighted by atomic mass is 32.2. The molecule has 0 bridgehead atoms. The maximum atomic E-state index is 9.65. The first-order valence-electron chi connectivity index (χ1n) is 4.35. The van der Waals surface area contributed by atoms with Gasteiger partial charge < -0.3 is 20.1 Å². The largest absolute Gasteiger partial charge is 0.394 e. The molecule has 0 radical (unpaired) electrons. The van der Waals surface area contributed by atoms with Crippen molar-refractivity contribution in [2.24, 2.45) is 5.11 Å². The van der Waals surface area contributed by atoms with E-state index in [-0.39, 0.29) is 0 Å². The highest BCUT2D eigenvalue weighted by Crippen LogP contribution is 2.29. The molecule has 5 atom stereocenters. The average Bonchev–Trinajstić information content (AvgIpc) is 2.25. The van der Waals surface area contributed by atoms with E-state index in [4.69, 9.17) is 15.4 Å². The van der Waals surface area contributed by atoms with Crippen LogP contribution in [0.3, 0.4) is 0 Å². The molecular weight excluding hydrogens is 222 g/mol. The Hall–Kier alpha value is -0.500. The van der Waals surface area contributed by atoms with Crippen LogP contribution in [0.5, 0.6) is 0 Å². The van der Waals surface area contributed by atoms with Crippen molar-refractivity contribution in [2.45, 2.75) is 29.8 Å². The number of rotatable bonds is 3. The summed E-state index contributed by atoms with van der Waals surface area (Å²) in [5.41, 5.74) is 7.75. The van der Waals surface area contributed by atoms with Crippen LogP contribution in [0.25, 0.3) is 10.4 Å². The molecule has 1 aliphatic rings. The van der Waals surface area contributed by atoms with E-state index in [9.17, 15) is 10.2 Å². The van der Waals surface area contributed by atoms with Gasteiger partial charge in [-0.15, -0.1) is 11.8 Å². The highest BCUT2D eigenvalue weighted by Gasteiger charge is 2.43. The lowest BCUT2D eigenvalue weighted by Gasteiger charge is -2.39. The maximum absolute atomic E-state index is 9.65. The number of hydrogen-bond donors (Lipinski definition) is 3. The molecular formula is C7H13N3O4S. The van der Waals surface area contributed by atoms with Gasteiger partial charge in [-0.05, 0) is 11.8 Å². The van der Waals surface area contributed by atoms with Gasteiger partial charge in [-0.25, -0.2) is 0 Å². The minimum atomic E-state index is -1.24. The molecule has 3 N–H and O–H groups in total. The van der Waals surface area contributed by atoms with Crippen molar-refractivity contribution < 1.29 is 20.1 Å². The molecule has 0 spiro atoms. The van der Waals surface area contributed by atoms with Gasteiger partial charge in [-0.1, -0.05) is 5.11 Å². The van der Waals surface area contributed by atoms with Gasteiger partial charge in [0.05, 0.1) is 12.7 Å². The van der Waals surface area contributed by atoms with Gasteiger partial charge in [0.1, 0.15) is 23.7 Å². The van der Waals surface area contributed by atoms with Crippen LogP contribution in [-0.4, -0.2) is 58.0 Å². The summed E-state index contributed by atoms with van der Waals surface area (Å²) in [5.74, 6) is 0. The zero-order chi connectivity index (χ0) is 11.4. The van der Waals surface area contributed by atoms with E-state index in [2.05, 4.69) is 10.0 Å². The van der Waals surface area contributed by atoms with Gasteiger partial charge in [0, 0.05) is 4.91 Å². The molecule has 1 aliphatic heterocycles. The minimum Gasteiger partial charge on any atom is -0.394 e. The van der Waals surface area contributed by atoms with Crippen LogP contribution in [0, 0.1) is 0 Å². The topological polar surface area (TPSA) is 119 Å². The molecule has 1 saturated heterocycles. The van der Waals surface area contributed by atoms with Crippen molar-refractivity contribution in [2.75, 3.05) is 12.9 Å². The molecule has 0 saturated carbocycles. The van der Waals surface area contributed by atoms with Crippen LogP contribution in [0.1, 0.15) is 0 Å². The van der Waals surface area contributed by atoms with Crippen LogP contribution < -0.4 is 0 Å². The summed E-state index contributed by atoms with van der Waals surface area (Å²) in [6.45, 7) is -0.391. The average molecular weight is 235 g/mol. The summed E-state index contributed by atoms with van der Waals surface area (Å²) >= 11 is 1.25. The maximum Gasteiger partial charge on any atom is 0.114 e. The highest BCUT2D eigenvalue weighted by molar-refractivity contribution is 7.99. The second kappa shape index (κ2) is 5.55. The van der Waals surface area contributed by atoms with Crippen LogP contribution in [0.2, 0.25) is 0 Å².